The molecule has 0 spiro atoms. The van der Waals surface area contributed by atoms with E-state index in [2.05, 4.69) is 39.6 Å². The van der Waals surface area contributed by atoms with Gasteiger partial charge in [0.15, 0.2) is 9.84 Å². The van der Waals surface area contributed by atoms with Crippen molar-refractivity contribution in [1.29, 1.82) is 0 Å². The van der Waals surface area contributed by atoms with Crippen molar-refractivity contribution in [2.75, 3.05) is 44.0 Å². The van der Waals surface area contributed by atoms with Gasteiger partial charge in [-0.15, -0.1) is 0 Å². The van der Waals surface area contributed by atoms with E-state index in [1.807, 2.05) is 33.0 Å². The lowest BCUT2D eigenvalue weighted by Gasteiger charge is -2.33. The van der Waals surface area contributed by atoms with Crippen molar-refractivity contribution in [3.8, 4) is 5.75 Å². The first-order valence-corrected chi connectivity index (χ1v) is 17.3. The molecule has 10 nitrogen and oxygen atoms in total. The lowest BCUT2D eigenvalue weighted by molar-refractivity contribution is 0.130. The summed E-state index contributed by atoms with van der Waals surface area (Å²) in [6.07, 6.45) is 4.03. The predicted molar refractivity (Wildman–Crippen MR) is 181 cm³/mol. The molecule has 4 aromatic rings. The van der Waals surface area contributed by atoms with Gasteiger partial charge in [-0.25, -0.2) is 8.42 Å². The van der Waals surface area contributed by atoms with Crippen molar-refractivity contribution in [2.45, 2.75) is 76.6 Å². The Bertz CT molecular complexity index is 1740. The van der Waals surface area contributed by atoms with E-state index in [1.165, 1.54) is 11.1 Å². The first kappa shape index (κ1) is 32.7. The van der Waals surface area contributed by atoms with Gasteiger partial charge in [-0.1, -0.05) is 12.1 Å². The minimum atomic E-state index is -3.53. The highest BCUT2D eigenvalue weighted by Crippen LogP contribution is 2.39. The van der Waals surface area contributed by atoms with Gasteiger partial charge < -0.3 is 30.0 Å². The molecule has 0 radical (unpaired) electrons. The first-order valence-electron chi connectivity index (χ1n) is 15.7. The Morgan fingerprint density at radius 2 is 1.73 bits per heavy atom. The molecule has 0 unspecified atom stereocenters. The van der Waals surface area contributed by atoms with Gasteiger partial charge in [-0.05, 0) is 114 Å². The van der Waals surface area contributed by atoms with E-state index in [0.717, 1.165) is 61.5 Å². The number of aromatic nitrogens is 3. The van der Waals surface area contributed by atoms with Gasteiger partial charge in [0.1, 0.15) is 17.2 Å². The Morgan fingerprint density at radius 3 is 2.42 bits per heavy atom. The smallest absolute Gasteiger partial charge is 0.231 e. The number of fused-ring (bicyclic) bond motifs is 1. The van der Waals surface area contributed by atoms with Crippen LogP contribution in [0.5, 0.6) is 5.75 Å². The molecule has 0 amide bonds. The van der Waals surface area contributed by atoms with Gasteiger partial charge in [0.25, 0.3) is 0 Å². The number of nitrogens with one attached hydrogen (secondary N) is 3. The highest BCUT2D eigenvalue weighted by molar-refractivity contribution is 7.92. The number of hydrogen-bond donors (Lipinski definition) is 3. The Kier molecular flexibility index (Phi) is 10.0. The third-order valence-corrected chi connectivity index (χ3v) is 10.6. The number of anilines is 4. The molecule has 1 saturated heterocycles. The van der Waals surface area contributed by atoms with Crippen molar-refractivity contribution < 1.29 is 17.9 Å². The molecule has 11 heteroatoms. The van der Waals surface area contributed by atoms with Crippen molar-refractivity contribution in [1.82, 2.24) is 19.9 Å². The zero-order chi connectivity index (χ0) is 32.3. The number of sulfone groups is 1. The third-order valence-electron chi connectivity index (χ3n) is 8.41. The molecule has 3 N–H and O–H groups in total. The van der Waals surface area contributed by atoms with Crippen LogP contribution in [0.2, 0.25) is 0 Å². The Morgan fingerprint density at radius 1 is 1.00 bits per heavy atom. The fourth-order valence-electron chi connectivity index (χ4n) is 5.93. The molecule has 0 bridgehead atoms. The van der Waals surface area contributed by atoms with Crippen molar-refractivity contribution in [3.05, 3.63) is 59.3 Å². The summed E-state index contributed by atoms with van der Waals surface area (Å²) in [5, 5.41) is 6.97. The summed E-state index contributed by atoms with van der Waals surface area (Å²) in [6, 6.07) is 11.2. The number of methoxy groups -OCH3 is 1. The number of benzene rings is 2. The van der Waals surface area contributed by atoms with Crippen LogP contribution in [0.15, 0.2) is 47.5 Å². The minimum Gasteiger partial charge on any atom is -0.489 e. The number of likely N-dealkylation sites (tertiary alicyclic amines) is 1. The summed E-state index contributed by atoms with van der Waals surface area (Å²) in [5.41, 5.74) is 5.32. The van der Waals surface area contributed by atoms with Crippen LogP contribution in [-0.2, 0) is 14.6 Å². The molecule has 0 atom stereocenters. The Hall–Kier alpha value is -3.67. The molecule has 1 aliphatic rings. The molecule has 242 valence electrons. The van der Waals surface area contributed by atoms with Crippen LogP contribution in [0.3, 0.4) is 0 Å². The largest absolute Gasteiger partial charge is 0.489 e. The highest BCUT2D eigenvalue weighted by atomic mass is 32.2. The summed E-state index contributed by atoms with van der Waals surface area (Å²) in [6.45, 7) is 15.3. The van der Waals surface area contributed by atoms with Gasteiger partial charge in [-0.2, -0.15) is 9.97 Å². The Balaban J connectivity index is 1.49. The van der Waals surface area contributed by atoms with Crippen LogP contribution in [0, 0.1) is 13.8 Å². The number of hydrogen-bond acceptors (Lipinski definition) is 9. The third kappa shape index (κ3) is 7.26. The molecule has 3 heterocycles. The van der Waals surface area contributed by atoms with Crippen molar-refractivity contribution in [3.63, 3.8) is 0 Å². The highest BCUT2D eigenvalue weighted by Gasteiger charge is 2.25. The van der Waals surface area contributed by atoms with E-state index < -0.39 is 15.1 Å². The van der Waals surface area contributed by atoms with Crippen LogP contribution in [0.25, 0.3) is 11.0 Å². The standard InChI is InChI=1S/C34H46N6O4S/c1-21(2)44-29-19-26(25-12-14-40(15-13-25)16-17-43-7)23(5)18-28(29)37-34-38-32-31(24(6)20-35-32)33(39-34)36-27-10-8-9-11-30(27)45(41,42)22(3)4/h8-11,18-22,25H,12-17H2,1-7H3,(H3,35,36,37,38,39). The molecule has 1 aliphatic heterocycles. The number of aromatic amines is 1. The van der Waals surface area contributed by atoms with E-state index in [0.29, 0.717) is 29.0 Å². The van der Waals surface area contributed by atoms with E-state index in [1.54, 1.807) is 39.2 Å². The first-order chi connectivity index (χ1) is 21.5. The topological polar surface area (TPSA) is 121 Å². The van der Waals surface area contributed by atoms with Gasteiger partial charge >= 0.3 is 0 Å². The van der Waals surface area contributed by atoms with Crippen molar-refractivity contribution >= 4 is 44.0 Å². The van der Waals surface area contributed by atoms with Crippen LogP contribution in [0.4, 0.5) is 23.1 Å². The molecule has 5 rings (SSSR count). The monoisotopic (exact) mass is 634 g/mol. The fraction of sp³-hybridized carbons (Fsp3) is 0.471. The summed E-state index contributed by atoms with van der Waals surface area (Å²) in [4.78, 5) is 15.6. The average molecular weight is 635 g/mol. The average Bonchev–Trinajstić information content (AvgIpc) is 3.38. The van der Waals surface area contributed by atoms with E-state index in [4.69, 9.17) is 19.4 Å². The number of H-pyrrole nitrogens is 1. The maximum atomic E-state index is 13.2. The molecule has 45 heavy (non-hydrogen) atoms. The summed E-state index contributed by atoms with van der Waals surface area (Å²) >= 11 is 0. The molecule has 0 aliphatic carbocycles. The normalized spacial score (nSPS) is 14.9. The minimum absolute atomic E-state index is 0.0249. The zero-order valence-electron chi connectivity index (χ0n) is 27.4. The second-order valence-electron chi connectivity index (χ2n) is 12.4. The maximum absolute atomic E-state index is 13.2. The van der Waals surface area contributed by atoms with Crippen LogP contribution >= 0.6 is 0 Å². The number of nitrogens with zero attached hydrogens (tertiary/aromatic N) is 3. The number of ether oxygens (including phenoxy) is 2. The maximum Gasteiger partial charge on any atom is 0.231 e. The second kappa shape index (κ2) is 13.8. The number of rotatable bonds is 12. The molecule has 2 aromatic heterocycles. The van der Waals surface area contributed by atoms with Gasteiger partial charge in [0.2, 0.25) is 5.95 Å². The van der Waals surface area contributed by atoms with Gasteiger partial charge in [0, 0.05) is 19.9 Å². The zero-order valence-corrected chi connectivity index (χ0v) is 28.2. The summed E-state index contributed by atoms with van der Waals surface area (Å²) in [7, 11) is -1.78. The summed E-state index contributed by atoms with van der Waals surface area (Å²) in [5.74, 6) is 2.08. The summed E-state index contributed by atoms with van der Waals surface area (Å²) < 4.78 is 38.0. The molecule has 2 aromatic carbocycles. The van der Waals surface area contributed by atoms with E-state index in [-0.39, 0.29) is 11.0 Å². The van der Waals surface area contributed by atoms with Crippen molar-refractivity contribution in [2.24, 2.45) is 0 Å². The lowest BCUT2D eigenvalue weighted by Crippen LogP contribution is -2.35. The quantitative estimate of drug-likeness (QED) is 0.153. The Labute approximate surface area is 266 Å². The second-order valence-corrected chi connectivity index (χ2v) is 14.9. The van der Waals surface area contributed by atoms with E-state index in [9.17, 15) is 8.42 Å². The van der Waals surface area contributed by atoms with Gasteiger partial charge in [-0.3, -0.25) is 0 Å². The van der Waals surface area contributed by atoms with Crippen LogP contribution < -0.4 is 15.4 Å². The van der Waals surface area contributed by atoms with Gasteiger partial charge in [0.05, 0.1) is 39.6 Å². The number of aryl methyl sites for hydroxylation is 2. The number of para-hydroxylation sites is 1. The fourth-order valence-corrected chi connectivity index (χ4v) is 7.14. The SMILES string of the molecule is COCCN1CCC(c2cc(OC(C)C)c(Nc3nc(Nc4ccccc4S(=O)(=O)C(C)C)c4c(C)c[nH]c4n3)cc2C)CC1. The number of piperidine rings is 1. The van der Waals surface area contributed by atoms with E-state index >= 15 is 0 Å². The lowest BCUT2D eigenvalue weighted by atomic mass is 9.86. The molecular weight excluding hydrogens is 588 g/mol. The van der Waals surface area contributed by atoms with Crippen LogP contribution in [-0.4, -0.2) is 73.0 Å². The molecule has 0 saturated carbocycles. The predicted octanol–water partition coefficient (Wildman–Crippen LogP) is 6.86. The van der Waals surface area contributed by atoms with Crippen LogP contribution in [0.1, 0.15) is 63.1 Å². The molecule has 1 fully saturated rings. The molecular formula is C34H46N6O4S.